The Labute approximate surface area is 213 Å². The van der Waals surface area contributed by atoms with E-state index in [2.05, 4.69) is 20.5 Å². The normalized spacial score (nSPS) is 11.1. The Hall–Kier alpha value is -5.17. The summed E-state index contributed by atoms with van der Waals surface area (Å²) in [4.78, 5) is 17.5. The summed E-state index contributed by atoms with van der Waals surface area (Å²) in [6.45, 7) is 0. The molecule has 7 nitrogen and oxygen atoms in total. The molecule has 0 fully saturated rings. The minimum absolute atomic E-state index is 0.0869. The number of fused-ring (bicyclic) bond motifs is 1. The van der Waals surface area contributed by atoms with Gasteiger partial charge in [-0.2, -0.15) is 9.61 Å². The van der Waals surface area contributed by atoms with Gasteiger partial charge in [-0.1, -0.05) is 72.8 Å². The van der Waals surface area contributed by atoms with Crippen LogP contribution in [0.15, 0.2) is 122 Å². The number of nitrogens with zero attached hydrogens (tertiary/aromatic N) is 5. The first-order valence-electron chi connectivity index (χ1n) is 11.9. The predicted molar refractivity (Wildman–Crippen MR) is 143 cm³/mol. The molecule has 37 heavy (non-hydrogen) atoms. The van der Waals surface area contributed by atoms with Gasteiger partial charge in [-0.05, 0) is 47.5 Å². The van der Waals surface area contributed by atoms with Crippen molar-refractivity contribution in [2.75, 3.05) is 5.32 Å². The summed E-state index contributed by atoms with van der Waals surface area (Å²) in [5, 5.41) is 16.4. The van der Waals surface area contributed by atoms with E-state index in [1.165, 1.54) is 0 Å². The lowest BCUT2D eigenvalue weighted by atomic mass is 9.90. The summed E-state index contributed by atoms with van der Waals surface area (Å²) in [6.07, 6.45) is 3.43. The minimum atomic E-state index is -0.411. The fraction of sp³-hybridized carbons (Fsp3) is 0.0333. The van der Waals surface area contributed by atoms with Gasteiger partial charge in [0.2, 0.25) is 5.91 Å². The highest BCUT2D eigenvalue weighted by molar-refractivity contribution is 5.98. The first-order chi connectivity index (χ1) is 18.3. The van der Waals surface area contributed by atoms with Crippen LogP contribution < -0.4 is 5.32 Å². The number of hydrogen-bond acceptors (Lipinski definition) is 5. The van der Waals surface area contributed by atoms with Crippen LogP contribution in [0, 0.1) is 0 Å². The lowest BCUT2D eigenvalue weighted by Crippen LogP contribution is -2.22. The van der Waals surface area contributed by atoms with Gasteiger partial charge in [-0.25, -0.2) is 0 Å². The Balaban J connectivity index is 1.26. The highest BCUT2D eigenvalue weighted by atomic mass is 16.1. The molecule has 0 unspecified atom stereocenters. The summed E-state index contributed by atoms with van der Waals surface area (Å²) in [5.74, 6) is 0.152. The molecule has 0 bridgehead atoms. The predicted octanol–water partition coefficient (Wildman–Crippen LogP) is 5.62. The van der Waals surface area contributed by atoms with E-state index >= 15 is 0 Å². The molecule has 6 rings (SSSR count). The molecule has 1 N–H and O–H groups in total. The van der Waals surface area contributed by atoms with Crippen molar-refractivity contribution in [3.8, 4) is 22.6 Å². The number of carbonyl (C=O) groups excluding carboxylic acids is 1. The Bertz CT molecular complexity index is 1610. The van der Waals surface area contributed by atoms with Crippen LogP contribution in [0.2, 0.25) is 0 Å². The number of pyridine rings is 1. The van der Waals surface area contributed by atoms with Crippen LogP contribution in [0.3, 0.4) is 0 Å². The van der Waals surface area contributed by atoms with Gasteiger partial charge >= 0.3 is 0 Å². The van der Waals surface area contributed by atoms with Crippen molar-refractivity contribution in [2.45, 2.75) is 5.92 Å². The van der Waals surface area contributed by atoms with E-state index in [0.29, 0.717) is 17.2 Å². The van der Waals surface area contributed by atoms with Crippen LogP contribution in [0.1, 0.15) is 17.0 Å². The topological polar surface area (TPSA) is 85.1 Å². The molecular weight excluding hydrogens is 460 g/mol. The highest BCUT2D eigenvalue weighted by Crippen LogP contribution is 2.27. The average molecular weight is 483 g/mol. The Morgan fingerprint density at radius 3 is 1.97 bits per heavy atom. The fourth-order valence-corrected chi connectivity index (χ4v) is 4.35. The molecule has 0 spiro atoms. The van der Waals surface area contributed by atoms with E-state index in [9.17, 15) is 4.79 Å². The molecule has 0 saturated heterocycles. The zero-order valence-electron chi connectivity index (χ0n) is 19.8. The van der Waals surface area contributed by atoms with Crippen molar-refractivity contribution in [2.24, 2.45) is 0 Å². The summed E-state index contributed by atoms with van der Waals surface area (Å²) in [6, 6.07) is 34.9. The maximum Gasteiger partial charge on any atom is 0.236 e. The van der Waals surface area contributed by atoms with Gasteiger partial charge in [0.25, 0.3) is 0 Å². The maximum atomic E-state index is 13.4. The fourth-order valence-electron chi connectivity index (χ4n) is 4.35. The molecular formula is C30H22N6O. The van der Waals surface area contributed by atoms with Crippen molar-refractivity contribution in [3.63, 3.8) is 0 Å². The molecule has 7 heteroatoms. The van der Waals surface area contributed by atoms with E-state index < -0.39 is 5.92 Å². The number of amides is 1. The van der Waals surface area contributed by atoms with E-state index in [1.807, 2.05) is 109 Å². The zero-order valence-corrected chi connectivity index (χ0v) is 19.8. The first kappa shape index (κ1) is 22.3. The summed E-state index contributed by atoms with van der Waals surface area (Å²) in [5.41, 5.74) is 5.83. The van der Waals surface area contributed by atoms with E-state index in [-0.39, 0.29) is 5.91 Å². The SMILES string of the molecule is O=C(Nc1ccc(-c2ccc3nnc(-c4ccncc4)n3n2)cc1)C(c1ccccc1)c1ccccc1. The smallest absolute Gasteiger partial charge is 0.236 e. The number of hydrogen-bond donors (Lipinski definition) is 1. The number of rotatable bonds is 6. The lowest BCUT2D eigenvalue weighted by Gasteiger charge is -2.18. The van der Waals surface area contributed by atoms with Gasteiger partial charge < -0.3 is 5.32 Å². The third-order valence-electron chi connectivity index (χ3n) is 6.18. The van der Waals surface area contributed by atoms with E-state index in [1.54, 1.807) is 16.9 Å². The molecule has 1 amide bonds. The van der Waals surface area contributed by atoms with Crippen LogP contribution in [0.25, 0.3) is 28.3 Å². The monoisotopic (exact) mass is 482 g/mol. The molecule has 0 aliphatic heterocycles. The van der Waals surface area contributed by atoms with Crippen LogP contribution in [-0.4, -0.2) is 30.7 Å². The molecule has 3 heterocycles. The third-order valence-corrected chi connectivity index (χ3v) is 6.18. The second-order valence-electron chi connectivity index (χ2n) is 8.57. The van der Waals surface area contributed by atoms with Crippen molar-refractivity contribution >= 4 is 17.2 Å². The lowest BCUT2D eigenvalue weighted by molar-refractivity contribution is -0.116. The van der Waals surface area contributed by atoms with Crippen molar-refractivity contribution < 1.29 is 4.79 Å². The van der Waals surface area contributed by atoms with Crippen molar-refractivity contribution in [1.29, 1.82) is 0 Å². The third kappa shape index (κ3) is 4.58. The molecule has 3 aromatic heterocycles. The van der Waals surface area contributed by atoms with E-state index in [4.69, 9.17) is 5.10 Å². The molecule has 0 aliphatic rings. The van der Waals surface area contributed by atoms with Crippen molar-refractivity contribution in [3.05, 3.63) is 133 Å². The van der Waals surface area contributed by atoms with Crippen LogP contribution in [0.4, 0.5) is 5.69 Å². The number of anilines is 1. The molecule has 6 aromatic rings. The Morgan fingerprint density at radius 1 is 0.676 bits per heavy atom. The molecule has 0 saturated carbocycles. The van der Waals surface area contributed by atoms with Gasteiger partial charge in [-0.3, -0.25) is 9.78 Å². The van der Waals surface area contributed by atoms with Crippen LogP contribution >= 0.6 is 0 Å². The summed E-state index contributed by atoms with van der Waals surface area (Å²) in [7, 11) is 0. The molecule has 178 valence electrons. The average Bonchev–Trinajstić information content (AvgIpc) is 3.39. The van der Waals surface area contributed by atoms with Gasteiger partial charge in [0.15, 0.2) is 11.5 Å². The second kappa shape index (κ2) is 9.83. The molecule has 0 aliphatic carbocycles. The maximum absolute atomic E-state index is 13.4. The van der Waals surface area contributed by atoms with Gasteiger partial charge in [0.1, 0.15) is 0 Å². The molecule has 3 aromatic carbocycles. The number of carbonyl (C=O) groups is 1. The Kier molecular flexibility index (Phi) is 5.93. The van der Waals surface area contributed by atoms with Gasteiger partial charge in [-0.15, -0.1) is 10.2 Å². The van der Waals surface area contributed by atoms with Crippen LogP contribution in [0.5, 0.6) is 0 Å². The van der Waals surface area contributed by atoms with Gasteiger partial charge in [0.05, 0.1) is 11.6 Å². The largest absolute Gasteiger partial charge is 0.325 e. The minimum Gasteiger partial charge on any atom is -0.325 e. The standard InChI is InChI=1S/C30H22N6O/c37-30(28(22-7-3-1-4-8-22)23-9-5-2-6-10-23)32-25-13-11-21(12-14-25)26-15-16-27-33-34-29(36(27)35-26)24-17-19-31-20-18-24/h1-20,28H,(H,32,37). The molecule has 0 radical (unpaired) electrons. The zero-order chi connectivity index (χ0) is 25.0. The van der Waals surface area contributed by atoms with Gasteiger partial charge in [0, 0.05) is 29.2 Å². The Morgan fingerprint density at radius 2 is 1.32 bits per heavy atom. The summed E-state index contributed by atoms with van der Waals surface area (Å²) < 4.78 is 1.73. The van der Waals surface area contributed by atoms with E-state index in [0.717, 1.165) is 27.9 Å². The molecule has 0 atom stereocenters. The first-order valence-corrected chi connectivity index (χ1v) is 11.9. The number of nitrogens with one attached hydrogen (secondary N) is 1. The number of benzene rings is 3. The van der Waals surface area contributed by atoms with Crippen molar-refractivity contribution in [1.82, 2.24) is 24.8 Å². The number of aromatic nitrogens is 5. The highest BCUT2D eigenvalue weighted by Gasteiger charge is 2.22. The quantitative estimate of drug-likeness (QED) is 0.333. The van der Waals surface area contributed by atoms with Crippen LogP contribution in [-0.2, 0) is 4.79 Å². The second-order valence-corrected chi connectivity index (χ2v) is 8.57. The summed E-state index contributed by atoms with van der Waals surface area (Å²) >= 11 is 0.